The van der Waals surface area contributed by atoms with Gasteiger partial charge in [0.2, 0.25) is 5.91 Å². The Hall–Kier alpha value is -1.84. The number of rotatable bonds is 4. The summed E-state index contributed by atoms with van der Waals surface area (Å²) >= 11 is 6.14. The molecular formula is C19H21ClN2O. The first-order chi connectivity index (χ1) is 11.2. The Morgan fingerprint density at radius 1 is 0.913 bits per heavy atom. The predicted molar refractivity (Wildman–Crippen MR) is 93.5 cm³/mol. The summed E-state index contributed by atoms with van der Waals surface area (Å²) < 4.78 is 0. The second-order valence-electron chi connectivity index (χ2n) is 5.91. The van der Waals surface area contributed by atoms with E-state index in [2.05, 4.69) is 29.2 Å². The minimum atomic E-state index is 0.164. The molecule has 1 aliphatic heterocycles. The lowest BCUT2D eigenvalue weighted by Crippen LogP contribution is -2.48. The first-order valence-corrected chi connectivity index (χ1v) is 8.37. The molecule has 2 aromatic carbocycles. The van der Waals surface area contributed by atoms with Crippen LogP contribution in [0.5, 0.6) is 0 Å². The minimum Gasteiger partial charge on any atom is -0.340 e. The van der Waals surface area contributed by atoms with Gasteiger partial charge in [-0.15, -0.1) is 0 Å². The van der Waals surface area contributed by atoms with Crippen LogP contribution in [0.4, 0.5) is 0 Å². The molecule has 1 heterocycles. The van der Waals surface area contributed by atoms with Crippen LogP contribution in [0.25, 0.3) is 0 Å². The molecule has 1 fully saturated rings. The normalized spacial score (nSPS) is 15.6. The summed E-state index contributed by atoms with van der Waals surface area (Å²) in [7, 11) is 0. The summed E-state index contributed by atoms with van der Waals surface area (Å²) in [5, 5.41) is 0.670. The fourth-order valence-electron chi connectivity index (χ4n) is 2.91. The molecule has 0 radical (unpaired) electrons. The van der Waals surface area contributed by atoms with E-state index in [-0.39, 0.29) is 5.91 Å². The van der Waals surface area contributed by atoms with Crippen molar-refractivity contribution in [2.45, 2.75) is 13.0 Å². The highest BCUT2D eigenvalue weighted by Crippen LogP contribution is 2.17. The number of carbonyl (C=O) groups is 1. The highest BCUT2D eigenvalue weighted by Gasteiger charge is 2.21. The van der Waals surface area contributed by atoms with E-state index in [1.54, 1.807) is 0 Å². The van der Waals surface area contributed by atoms with Crippen LogP contribution >= 0.6 is 11.6 Å². The minimum absolute atomic E-state index is 0.164. The van der Waals surface area contributed by atoms with E-state index >= 15 is 0 Å². The Morgan fingerprint density at radius 2 is 1.57 bits per heavy atom. The molecule has 2 aromatic rings. The average molecular weight is 329 g/mol. The predicted octanol–water partition coefficient (Wildman–Crippen LogP) is 3.23. The maximum atomic E-state index is 12.4. The Kier molecular flexibility index (Phi) is 5.31. The van der Waals surface area contributed by atoms with Crippen LogP contribution in [-0.2, 0) is 17.8 Å². The highest BCUT2D eigenvalue weighted by molar-refractivity contribution is 6.31. The Balaban J connectivity index is 1.50. The number of carbonyl (C=O) groups excluding carboxylic acids is 1. The molecule has 0 unspecified atom stereocenters. The lowest BCUT2D eigenvalue weighted by molar-refractivity contribution is -0.132. The van der Waals surface area contributed by atoms with Crippen LogP contribution < -0.4 is 0 Å². The first-order valence-electron chi connectivity index (χ1n) is 8.00. The molecule has 1 saturated heterocycles. The molecule has 0 aromatic heterocycles. The standard InChI is InChI=1S/C19H21ClN2O/c20-18-9-5-4-8-17(18)14-19(23)22-12-10-21(11-13-22)15-16-6-2-1-3-7-16/h1-9H,10-15H2. The van der Waals surface area contributed by atoms with Crippen molar-refractivity contribution in [3.05, 3.63) is 70.7 Å². The smallest absolute Gasteiger partial charge is 0.227 e. The number of benzene rings is 2. The van der Waals surface area contributed by atoms with Crippen molar-refractivity contribution in [2.75, 3.05) is 26.2 Å². The summed E-state index contributed by atoms with van der Waals surface area (Å²) in [6.07, 6.45) is 0.387. The molecule has 0 spiro atoms. The highest BCUT2D eigenvalue weighted by atomic mass is 35.5. The lowest BCUT2D eigenvalue weighted by Gasteiger charge is -2.35. The quantitative estimate of drug-likeness (QED) is 0.860. The van der Waals surface area contributed by atoms with Crippen molar-refractivity contribution in [1.82, 2.24) is 9.80 Å². The molecule has 3 rings (SSSR count). The zero-order valence-corrected chi connectivity index (χ0v) is 13.9. The van der Waals surface area contributed by atoms with Gasteiger partial charge >= 0.3 is 0 Å². The summed E-state index contributed by atoms with van der Waals surface area (Å²) in [6.45, 7) is 4.37. The fraction of sp³-hybridized carbons (Fsp3) is 0.316. The van der Waals surface area contributed by atoms with Crippen molar-refractivity contribution in [3.8, 4) is 0 Å². The van der Waals surface area contributed by atoms with E-state index in [1.807, 2.05) is 35.2 Å². The summed E-state index contributed by atoms with van der Waals surface area (Å²) in [6, 6.07) is 18.0. The van der Waals surface area contributed by atoms with Gasteiger partial charge < -0.3 is 4.90 Å². The van der Waals surface area contributed by atoms with E-state index < -0.39 is 0 Å². The van der Waals surface area contributed by atoms with Crippen molar-refractivity contribution in [2.24, 2.45) is 0 Å². The van der Waals surface area contributed by atoms with Crippen LogP contribution in [-0.4, -0.2) is 41.9 Å². The van der Waals surface area contributed by atoms with Gasteiger partial charge in [0, 0.05) is 37.7 Å². The van der Waals surface area contributed by atoms with E-state index in [1.165, 1.54) is 5.56 Å². The molecule has 0 aliphatic carbocycles. The lowest BCUT2D eigenvalue weighted by atomic mass is 10.1. The molecular weight excluding hydrogens is 308 g/mol. The number of hydrogen-bond acceptors (Lipinski definition) is 2. The second-order valence-corrected chi connectivity index (χ2v) is 6.32. The molecule has 1 aliphatic rings. The Bertz CT molecular complexity index is 651. The second kappa shape index (κ2) is 7.62. The topological polar surface area (TPSA) is 23.6 Å². The van der Waals surface area contributed by atoms with Crippen molar-refractivity contribution >= 4 is 17.5 Å². The molecule has 120 valence electrons. The van der Waals surface area contributed by atoms with E-state index in [0.717, 1.165) is 38.3 Å². The van der Waals surface area contributed by atoms with Crippen LogP contribution in [0, 0.1) is 0 Å². The number of nitrogens with zero attached hydrogens (tertiary/aromatic N) is 2. The van der Waals surface area contributed by atoms with Crippen molar-refractivity contribution < 1.29 is 4.79 Å². The molecule has 23 heavy (non-hydrogen) atoms. The molecule has 0 N–H and O–H groups in total. The Morgan fingerprint density at radius 3 is 2.26 bits per heavy atom. The summed E-state index contributed by atoms with van der Waals surface area (Å²) in [5.41, 5.74) is 2.23. The maximum absolute atomic E-state index is 12.4. The van der Waals surface area contributed by atoms with E-state index in [4.69, 9.17) is 11.6 Å². The number of piperazine rings is 1. The molecule has 1 amide bonds. The Labute approximate surface area is 142 Å². The third kappa shape index (κ3) is 4.34. The number of hydrogen-bond donors (Lipinski definition) is 0. The maximum Gasteiger partial charge on any atom is 0.227 e. The third-order valence-corrected chi connectivity index (χ3v) is 4.64. The van der Waals surface area contributed by atoms with Gasteiger partial charge in [0.05, 0.1) is 6.42 Å². The van der Waals surface area contributed by atoms with Crippen LogP contribution in [0.2, 0.25) is 5.02 Å². The first kappa shape index (κ1) is 16.0. The van der Waals surface area contributed by atoms with Crippen LogP contribution in [0.1, 0.15) is 11.1 Å². The van der Waals surface area contributed by atoms with Crippen LogP contribution in [0.15, 0.2) is 54.6 Å². The van der Waals surface area contributed by atoms with Gasteiger partial charge in [-0.2, -0.15) is 0 Å². The van der Waals surface area contributed by atoms with E-state index in [9.17, 15) is 4.79 Å². The van der Waals surface area contributed by atoms with Gasteiger partial charge in [-0.3, -0.25) is 9.69 Å². The number of halogens is 1. The fourth-order valence-corrected chi connectivity index (χ4v) is 3.12. The number of amides is 1. The van der Waals surface area contributed by atoms with Gasteiger partial charge in [-0.05, 0) is 17.2 Å². The van der Waals surface area contributed by atoms with Gasteiger partial charge in [0.25, 0.3) is 0 Å². The molecule has 0 saturated carbocycles. The van der Waals surface area contributed by atoms with Gasteiger partial charge in [0.15, 0.2) is 0 Å². The van der Waals surface area contributed by atoms with Crippen molar-refractivity contribution in [1.29, 1.82) is 0 Å². The average Bonchev–Trinajstić information content (AvgIpc) is 2.58. The monoisotopic (exact) mass is 328 g/mol. The van der Waals surface area contributed by atoms with Crippen LogP contribution in [0.3, 0.4) is 0 Å². The largest absolute Gasteiger partial charge is 0.340 e. The molecule has 4 heteroatoms. The molecule has 3 nitrogen and oxygen atoms in total. The SMILES string of the molecule is O=C(Cc1ccccc1Cl)N1CCN(Cc2ccccc2)CC1. The van der Waals surface area contributed by atoms with Gasteiger partial charge in [-0.1, -0.05) is 60.1 Å². The third-order valence-electron chi connectivity index (χ3n) is 4.27. The summed E-state index contributed by atoms with van der Waals surface area (Å²) in [5.74, 6) is 0.164. The zero-order valence-electron chi connectivity index (χ0n) is 13.1. The summed E-state index contributed by atoms with van der Waals surface area (Å²) in [4.78, 5) is 16.8. The molecule has 0 atom stereocenters. The van der Waals surface area contributed by atoms with Gasteiger partial charge in [-0.25, -0.2) is 0 Å². The van der Waals surface area contributed by atoms with Gasteiger partial charge in [0.1, 0.15) is 0 Å². The van der Waals surface area contributed by atoms with E-state index in [0.29, 0.717) is 11.4 Å². The van der Waals surface area contributed by atoms with Crippen molar-refractivity contribution in [3.63, 3.8) is 0 Å². The molecule has 0 bridgehead atoms. The zero-order chi connectivity index (χ0) is 16.1.